The molecule has 0 fully saturated rings. The molecule has 1 aliphatic heterocycles. The Labute approximate surface area is 243 Å². The second-order valence-corrected chi connectivity index (χ2v) is 12.2. The van der Waals surface area contributed by atoms with Crippen molar-refractivity contribution in [2.24, 2.45) is 5.73 Å². The molecule has 0 radical (unpaired) electrons. The van der Waals surface area contributed by atoms with Crippen LogP contribution in [0.3, 0.4) is 0 Å². The molecule has 3 aromatic rings. The van der Waals surface area contributed by atoms with Gasteiger partial charge < -0.3 is 11.1 Å². The first-order chi connectivity index (χ1) is 18.9. The van der Waals surface area contributed by atoms with Gasteiger partial charge in [0.25, 0.3) is 0 Å². The smallest absolute Gasteiger partial charge is 0.234 e. The van der Waals surface area contributed by atoms with Gasteiger partial charge in [-0.05, 0) is 54.7 Å². The fourth-order valence-corrected chi connectivity index (χ4v) is 6.74. The standard InChI is InChI=1S/C28H25BrN6O2S2/c1-2-16-6-8-17(9-7-16)24-20(14-30)26(31)35(21-4-3-5-22(36)25(21)24)27-33-34-28(39-27)38-15-23(37)32-19-12-10-18(29)11-13-19/h6-13,24H,2-5,15,31H2,1H3,(H,32,37). The van der Waals surface area contributed by atoms with Crippen LogP contribution in [0, 0.1) is 11.3 Å². The van der Waals surface area contributed by atoms with Crippen molar-refractivity contribution in [3.05, 3.63) is 86.8 Å². The van der Waals surface area contributed by atoms with E-state index in [1.807, 2.05) is 48.5 Å². The highest BCUT2D eigenvalue weighted by molar-refractivity contribution is 9.10. The Kier molecular flexibility index (Phi) is 8.16. The number of Topliss-reactive ketones (excluding diaryl/α,β-unsaturated/α-hetero) is 1. The number of amides is 1. The van der Waals surface area contributed by atoms with E-state index in [2.05, 4.69) is 44.4 Å². The summed E-state index contributed by atoms with van der Waals surface area (Å²) in [7, 11) is 0. The first kappa shape index (κ1) is 27.1. The number of benzene rings is 2. The van der Waals surface area contributed by atoms with E-state index in [1.165, 1.54) is 28.7 Å². The minimum Gasteiger partial charge on any atom is -0.384 e. The van der Waals surface area contributed by atoms with Gasteiger partial charge in [-0.1, -0.05) is 70.2 Å². The van der Waals surface area contributed by atoms with Crippen molar-refractivity contribution >= 4 is 61.5 Å². The molecule has 198 valence electrons. The van der Waals surface area contributed by atoms with Crippen LogP contribution in [0.2, 0.25) is 0 Å². The molecular formula is C28H25BrN6O2S2. The summed E-state index contributed by atoms with van der Waals surface area (Å²) in [6.45, 7) is 2.08. The number of nitriles is 1. The average Bonchev–Trinajstić information content (AvgIpc) is 3.41. The molecule has 39 heavy (non-hydrogen) atoms. The summed E-state index contributed by atoms with van der Waals surface area (Å²) in [6, 6.07) is 17.6. The van der Waals surface area contributed by atoms with Crippen molar-refractivity contribution in [2.45, 2.75) is 42.9 Å². The van der Waals surface area contributed by atoms with Crippen molar-refractivity contribution in [1.82, 2.24) is 10.2 Å². The van der Waals surface area contributed by atoms with Crippen LogP contribution >= 0.6 is 39.0 Å². The normalized spacial score (nSPS) is 17.2. The van der Waals surface area contributed by atoms with Gasteiger partial charge >= 0.3 is 0 Å². The van der Waals surface area contributed by atoms with E-state index < -0.39 is 5.92 Å². The van der Waals surface area contributed by atoms with Gasteiger partial charge in [0.15, 0.2) is 10.1 Å². The van der Waals surface area contributed by atoms with Crippen LogP contribution in [-0.2, 0) is 16.0 Å². The van der Waals surface area contributed by atoms with Gasteiger partial charge in [0.1, 0.15) is 5.82 Å². The quantitative estimate of drug-likeness (QED) is 0.313. The van der Waals surface area contributed by atoms with Crippen LogP contribution in [0.15, 0.2) is 80.0 Å². The zero-order valence-corrected chi connectivity index (χ0v) is 24.3. The number of thioether (sulfide) groups is 1. The molecule has 5 rings (SSSR count). The maximum atomic E-state index is 13.3. The number of carbonyl (C=O) groups excluding carboxylic acids is 2. The number of carbonyl (C=O) groups is 2. The summed E-state index contributed by atoms with van der Waals surface area (Å²) < 4.78 is 1.52. The van der Waals surface area contributed by atoms with Crippen LogP contribution in [0.4, 0.5) is 10.8 Å². The summed E-state index contributed by atoms with van der Waals surface area (Å²) in [6.07, 6.45) is 2.67. The van der Waals surface area contributed by atoms with E-state index >= 15 is 0 Å². The number of nitrogens with two attached hydrogens (primary N) is 1. The molecule has 1 atom stereocenters. The van der Waals surface area contributed by atoms with Gasteiger partial charge in [0.2, 0.25) is 11.0 Å². The topological polar surface area (TPSA) is 125 Å². The first-order valence-electron chi connectivity index (χ1n) is 12.5. The third-order valence-electron chi connectivity index (χ3n) is 6.68. The molecule has 0 saturated carbocycles. The Bertz CT molecular complexity index is 1520. The second kappa shape index (κ2) is 11.7. The van der Waals surface area contributed by atoms with E-state index in [0.29, 0.717) is 45.6 Å². The molecule has 0 bridgehead atoms. The van der Waals surface area contributed by atoms with Crippen LogP contribution < -0.4 is 16.0 Å². The lowest BCUT2D eigenvalue weighted by Gasteiger charge is -2.38. The maximum absolute atomic E-state index is 13.3. The molecule has 8 nitrogen and oxygen atoms in total. The lowest BCUT2D eigenvalue weighted by Crippen LogP contribution is -2.38. The Balaban J connectivity index is 1.41. The SMILES string of the molecule is CCc1ccc(C2C(C#N)=C(N)N(c3nnc(SCC(=O)Nc4ccc(Br)cc4)s3)C3=C2C(=O)CCC3)cc1. The number of nitrogens with one attached hydrogen (secondary N) is 1. The molecule has 0 saturated heterocycles. The number of aromatic nitrogens is 2. The van der Waals surface area contributed by atoms with E-state index in [-0.39, 0.29) is 23.3 Å². The Morgan fingerprint density at radius 1 is 1.21 bits per heavy atom. The molecule has 1 aliphatic carbocycles. The van der Waals surface area contributed by atoms with E-state index in [9.17, 15) is 14.9 Å². The van der Waals surface area contributed by atoms with Crippen LogP contribution in [0.25, 0.3) is 0 Å². The van der Waals surface area contributed by atoms with Gasteiger partial charge in [0.05, 0.1) is 23.3 Å². The van der Waals surface area contributed by atoms with Gasteiger partial charge in [-0.3, -0.25) is 14.5 Å². The maximum Gasteiger partial charge on any atom is 0.234 e. The largest absolute Gasteiger partial charge is 0.384 e. The van der Waals surface area contributed by atoms with E-state index in [1.54, 1.807) is 4.90 Å². The number of aryl methyl sites for hydroxylation is 1. The molecule has 2 aliphatic rings. The minimum atomic E-state index is -0.510. The fourth-order valence-electron chi connectivity index (χ4n) is 4.79. The predicted molar refractivity (Wildman–Crippen MR) is 157 cm³/mol. The monoisotopic (exact) mass is 620 g/mol. The molecule has 2 aromatic carbocycles. The lowest BCUT2D eigenvalue weighted by molar-refractivity contribution is -0.116. The zero-order chi connectivity index (χ0) is 27.5. The fraction of sp³-hybridized carbons (Fsp3) is 0.250. The van der Waals surface area contributed by atoms with Crippen molar-refractivity contribution < 1.29 is 9.59 Å². The van der Waals surface area contributed by atoms with Crippen LogP contribution in [-0.4, -0.2) is 27.6 Å². The zero-order valence-electron chi connectivity index (χ0n) is 21.1. The molecule has 3 N–H and O–H groups in total. The average molecular weight is 622 g/mol. The van der Waals surface area contributed by atoms with E-state index in [4.69, 9.17) is 5.73 Å². The molecule has 0 spiro atoms. The van der Waals surface area contributed by atoms with Crippen molar-refractivity contribution in [1.29, 1.82) is 5.26 Å². The number of nitrogens with zero attached hydrogens (tertiary/aromatic N) is 4. The summed E-state index contributed by atoms with van der Waals surface area (Å²) in [5.41, 5.74) is 11.1. The van der Waals surface area contributed by atoms with Crippen molar-refractivity contribution in [3.63, 3.8) is 0 Å². The highest BCUT2D eigenvalue weighted by atomic mass is 79.9. The molecule has 1 amide bonds. The molecule has 1 aromatic heterocycles. The summed E-state index contributed by atoms with van der Waals surface area (Å²) in [5, 5.41) is 22.1. The van der Waals surface area contributed by atoms with Crippen molar-refractivity contribution in [2.75, 3.05) is 16.0 Å². The minimum absolute atomic E-state index is 0.0230. The van der Waals surface area contributed by atoms with E-state index in [0.717, 1.165) is 22.2 Å². The molecule has 1 unspecified atom stereocenters. The van der Waals surface area contributed by atoms with Crippen LogP contribution in [0.1, 0.15) is 43.2 Å². The number of allylic oxidation sites excluding steroid dienone is 3. The molecular weight excluding hydrogens is 596 g/mol. The molecule has 2 heterocycles. The lowest BCUT2D eigenvalue weighted by atomic mass is 9.75. The van der Waals surface area contributed by atoms with Crippen molar-refractivity contribution in [3.8, 4) is 6.07 Å². The number of hydrogen-bond acceptors (Lipinski definition) is 9. The number of anilines is 2. The molecule has 11 heteroatoms. The second-order valence-electron chi connectivity index (χ2n) is 9.11. The highest BCUT2D eigenvalue weighted by Gasteiger charge is 2.41. The third-order valence-corrected chi connectivity index (χ3v) is 9.25. The van der Waals surface area contributed by atoms with Gasteiger partial charge in [-0.15, -0.1) is 10.2 Å². The number of halogens is 1. The van der Waals surface area contributed by atoms with Crippen LogP contribution in [0.5, 0.6) is 0 Å². The highest BCUT2D eigenvalue weighted by Crippen LogP contribution is 2.47. The number of rotatable bonds is 7. The summed E-state index contributed by atoms with van der Waals surface area (Å²) >= 11 is 5.92. The Morgan fingerprint density at radius 2 is 1.95 bits per heavy atom. The summed E-state index contributed by atoms with van der Waals surface area (Å²) in [4.78, 5) is 27.4. The number of ketones is 1. The number of hydrogen-bond donors (Lipinski definition) is 2. The Morgan fingerprint density at radius 3 is 2.64 bits per heavy atom. The van der Waals surface area contributed by atoms with Gasteiger partial charge in [-0.25, -0.2) is 0 Å². The van der Waals surface area contributed by atoms with Gasteiger partial charge in [-0.2, -0.15) is 5.26 Å². The Hall–Kier alpha value is -3.46. The third kappa shape index (κ3) is 5.64. The predicted octanol–water partition coefficient (Wildman–Crippen LogP) is 5.90. The first-order valence-corrected chi connectivity index (χ1v) is 15.1. The van der Waals surface area contributed by atoms with Gasteiger partial charge in [0, 0.05) is 27.9 Å². The summed E-state index contributed by atoms with van der Waals surface area (Å²) in [5.74, 6) is -0.236.